The first-order valence-corrected chi connectivity index (χ1v) is 3.93. The molecule has 66 valence electrons. The molecule has 1 aromatic carbocycles. The Morgan fingerprint density at radius 2 is 2.23 bits per heavy atom. The number of rotatable bonds is 1. The first kappa shape index (κ1) is 7.86. The third kappa shape index (κ3) is 1.28. The van der Waals surface area contributed by atoms with Gasteiger partial charge in [-0.15, -0.1) is 0 Å². The van der Waals surface area contributed by atoms with E-state index in [2.05, 4.69) is 4.98 Å². The van der Waals surface area contributed by atoms with E-state index >= 15 is 0 Å². The molecule has 0 saturated carbocycles. The van der Waals surface area contributed by atoms with Crippen molar-refractivity contribution in [2.24, 2.45) is 0 Å². The minimum absolute atomic E-state index is 0.148. The molecular formula is C10H9NO2. The Kier molecular flexibility index (Phi) is 1.77. The third-order valence-corrected chi connectivity index (χ3v) is 1.89. The summed E-state index contributed by atoms with van der Waals surface area (Å²) in [5.41, 5.74) is 0.600. The van der Waals surface area contributed by atoms with Gasteiger partial charge < -0.3 is 9.84 Å². The zero-order valence-electron chi connectivity index (χ0n) is 7.19. The molecule has 0 bridgehead atoms. The summed E-state index contributed by atoms with van der Waals surface area (Å²) in [5.74, 6) is 0.785. The molecule has 0 unspecified atom stereocenters. The van der Waals surface area contributed by atoms with E-state index in [9.17, 15) is 5.11 Å². The number of hydrogen-bond donors (Lipinski definition) is 1. The molecular weight excluding hydrogens is 166 g/mol. The highest BCUT2D eigenvalue weighted by molar-refractivity contribution is 5.85. The summed E-state index contributed by atoms with van der Waals surface area (Å²) < 4.78 is 5.02. The summed E-state index contributed by atoms with van der Waals surface area (Å²) in [6.07, 6.45) is 1.65. The Morgan fingerprint density at radius 3 is 3.00 bits per heavy atom. The van der Waals surface area contributed by atoms with Crippen molar-refractivity contribution in [3.8, 4) is 11.5 Å². The molecule has 0 aliphatic heterocycles. The van der Waals surface area contributed by atoms with Gasteiger partial charge in [-0.2, -0.15) is 0 Å². The average Bonchev–Trinajstić information content (AvgIpc) is 2.18. The summed E-state index contributed by atoms with van der Waals surface area (Å²) in [7, 11) is 1.57. The molecule has 1 heterocycles. The summed E-state index contributed by atoms with van der Waals surface area (Å²) in [4.78, 5) is 4.05. The molecule has 2 aromatic rings. The number of hydrogen-bond acceptors (Lipinski definition) is 3. The van der Waals surface area contributed by atoms with Gasteiger partial charge in [-0.1, -0.05) is 6.07 Å². The van der Waals surface area contributed by atoms with Crippen molar-refractivity contribution < 1.29 is 9.84 Å². The molecule has 1 aromatic heterocycles. The summed E-state index contributed by atoms with van der Waals surface area (Å²) in [6, 6.07) is 7.09. The van der Waals surface area contributed by atoms with Crippen molar-refractivity contribution in [2.45, 2.75) is 0 Å². The minimum Gasteiger partial charge on any atom is -0.506 e. The fourth-order valence-corrected chi connectivity index (χ4v) is 1.26. The van der Waals surface area contributed by atoms with Crippen LogP contribution in [0.1, 0.15) is 0 Å². The molecule has 0 amide bonds. The van der Waals surface area contributed by atoms with Crippen LogP contribution in [0.2, 0.25) is 0 Å². The average molecular weight is 175 g/mol. The second-order valence-electron chi connectivity index (χ2n) is 2.72. The predicted octanol–water partition coefficient (Wildman–Crippen LogP) is 1.95. The SMILES string of the molecule is COc1cc(O)c2ncccc2c1. The fraction of sp³-hybridized carbons (Fsp3) is 0.100. The Balaban J connectivity index is 2.77. The molecule has 3 nitrogen and oxygen atoms in total. The van der Waals surface area contributed by atoms with Gasteiger partial charge in [-0.05, 0) is 12.1 Å². The van der Waals surface area contributed by atoms with Crippen molar-refractivity contribution in [2.75, 3.05) is 7.11 Å². The molecule has 0 spiro atoms. The third-order valence-electron chi connectivity index (χ3n) is 1.89. The lowest BCUT2D eigenvalue weighted by Crippen LogP contribution is -1.84. The van der Waals surface area contributed by atoms with E-state index in [0.717, 1.165) is 5.39 Å². The zero-order chi connectivity index (χ0) is 9.26. The van der Waals surface area contributed by atoms with Crippen LogP contribution in [0, 0.1) is 0 Å². The molecule has 0 radical (unpaired) electrons. The van der Waals surface area contributed by atoms with Crippen LogP contribution in [-0.2, 0) is 0 Å². The molecule has 1 N–H and O–H groups in total. The summed E-state index contributed by atoms with van der Waals surface area (Å²) in [6.45, 7) is 0. The highest BCUT2D eigenvalue weighted by atomic mass is 16.5. The van der Waals surface area contributed by atoms with Gasteiger partial charge in [0.05, 0.1) is 7.11 Å². The van der Waals surface area contributed by atoms with Crippen LogP contribution in [0.3, 0.4) is 0 Å². The van der Waals surface area contributed by atoms with Crippen LogP contribution in [-0.4, -0.2) is 17.2 Å². The minimum atomic E-state index is 0.148. The number of phenolic OH excluding ortho intramolecular Hbond substituents is 1. The lowest BCUT2D eigenvalue weighted by molar-refractivity contribution is 0.409. The number of phenols is 1. The fourth-order valence-electron chi connectivity index (χ4n) is 1.26. The normalized spacial score (nSPS) is 10.2. The van der Waals surface area contributed by atoms with Crippen molar-refractivity contribution >= 4 is 10.9 Å². The van der Waals surface area contributed by atoms with Crippen molar-refractivity contribution in [1.29, 1.82) is 0 Å². The second kappa shape index (κ2) is 2.94. The van der Waals surface area contributed by atoms with Gasteiger partial charge in [-0.25, -0.2) is 0 Å². The topological polar surface area (TPSA) is 42.4 Å². The van der Waals surface area contributed by atoms with Crippen LogP contribution in [0.5, 0.6) is 11.5 Å². The van der Waals surface area contributed by atoms with Crippen molar-refractivity contribution in [3.05, 3.63) is 30.5 Å². The van der Waals surface area contributed by atoms with E-state index in [-0.39, 0.29) is 5.75 Å². The van der Waals surface area contributed by atoms with Crippen LogP contribution in [0.25, 0.3) is 10.9 Å². The van der Waals surface area contributed by atoms with Gasteiger partial charge in [0, 0.05) is 17.6 Å². The van der Waals surface area contributed by atoms with Crippen LogP contribution in [0.15, 0.2) is 30.5 Å². The maximum atomic E-state index is 9.54. The van der Waals surface area contributed by atoms with E-state index in [4.69, 9.17) is 4.74 Å². The Bertz CT molecular complexity index is 440. The number of ether oxygens (including phenoxy) is 1. The molecule has 0 aliphatic rings. The largest absolute Gasteiger partial charge is 0.506 e. The van der Waals surface area contributed by atoms with Crippen LogP contribution in [0.4, 0.5) is 0 Å². The maximum absolute atomic E-state index is 9.54. The zero-order valence-corrected chi connectivity index (χ0v) is 7.19. The molecule has 0 atom stereocenters. The molecule has 13 heavy (non-hydrogen) atoms. The standard InChI is InChI=1S/C10H9NO2/c1-13-8-5-7-3-2-4-11-10(7)9(12)6-8/h2-6,12H,1H3. The van der Waals surface area contributed by atoms with Gasteiger partial charge in [0.15, 0.2) is 0 Å². The Morgan fingerprint density at radius 1 is 1.38 bits per heavy atom. The van der Waals surface area contributed by atoms with E-state index in [0.29, 0.717) is 11.3 Å². The summed E-state index contributed by atoms with van der Waals surface area (Å²) >= 11 is 0. The number of nitrogens with zero attached hydrogens (tertiary/aromatic N) is 1. The van der Waals surface area contributed by atoms with E-state index in [1.165, 1.54) is 0 Å². The lowest BCUT2D eigenvalue weighted by atomic mass is 10.2. The van der Waals surface area contributed by atoms with Gasteiger partial charge >= 0.3 is 0 Å². The number of benzene rings is 1. The van der Waals surface area contributed by atoms with Crippen molar-refractivity contribution in [1.82, 2.24) is 4.98 Å². The molecule has 0 aliphatic carbocycles. The van der Waals surface area contributed by atoms with E-state index in [1.54, 1.807) is 19.4 Å². The number of methoxy groups -OCH3 is 1. The highest BCUT2D eigenvalue weighted by Gasteiger charge is 2.02. The first-order chi connectivity index (χ1) is 6.31. The van der Waals surface area contributed by atoms with Gasteiger partial charge in [-0.3, -0.25) is 4.98 Å². The molecule has 0 fully saturated rings. The quantitative estimate of drug-likeness (QED) is 0.720. The first-order valence-electron chi connectivity index (χ1n) is 3.93. The lowest BCUT2D eigenvalue weighted by Gasteiger charge is -2.03. The highest BCUT2D eigenvalue weighted by Crippen LogP contribution is 2.27. The van der Waals surface area contributed by atoms with Crippen LogP contribution < -0.4 is 4.74 Å². The molecule has 0 saturated heterocycles. The smallest absolute Gasteiger partial charge is 0.145 e. The number of pyridine rings is 1. The van der Waals surface area contributed by atoms with Gasteiger partial charge in [0.2, 0.25) is 0 Å². The maximum Gasteiger partial charge on any atom is 0.145 e. The Labute approximate surface area is 75.6 Å². The molecule has 2 rings (SSSR count). The Hall–Kier alpha value is -1.77. The van der Waals surface area contributed by atoms with E-state index < -0.39 is 0 Å². The van der Waals surface area contributed by atoms with Gasteiger partial charge in [0.1, 0.15) is 17.0 Å². The summed E-state index contributed by atoms with van der Waals surface area (Å²) in [5, 5.41) is 10.4. The molecule has 3 heteroatoms. The number of fused-ring (bicyclic) bond motifs is 1. The predicted molar refractivity (Wildman–Crippen MR) is 50.0 cm³/mol. The van der Waals surface area contributed by atoms with Crippen molar-refractivity contribution in [3.63, 3.8) is 0 Å². The van der Waals surface area contributed by atoms with E-state index in [1.807, 2.05) is 18.2 Å². The van der Waals surface area contributed by atoms with Crippen LogP contribution >= 0.6 is 0 Å². The number of aromatic nitrogens is 1. The second-order valence-corrected chi connectivity index (χ2v) is 2.72. The number of aromatic hydroxyl groups is 1. The monoisotopic (exact) mass is 175 g/mol. The van der Waals surface area contributed by atoms with Gasteiger partial charge in [0.25, 0.3) is 0 Å².